The SMILES string of the molecule is O=C(Nc1ccc(C(F)(F)F)cc1)N1CCN(C[C@@H](O)[C@H]2CCCO2)CC1. The van der Waals surface area contributed by atoms with E-state index in [-0.39, 0.29) is 12.1 Å². The molecule has 2 saturated heterocycles. The van der Waals surface area contributed by atoms with E-state index in [1.165, 1.54) is 12.1 Å². The molecular formula is C18H24F3N3O3. The van der Waals surface area contributed by atoms with Crippen molar-refractivity contribution in [3.63, 3.8) is 0 Å². The molecule has 2 atom stereocenters. The second-order valence-electron chi connectivity index (χ2n) is 6.91. The number of hydrogen-bond acceptors (Lipinski definition) is 4. The molecule has 27 heavy (non-hydrogen) atoms. The number of amides is 2. The van der Waals surface area contributed by atoms with Gasteiger partial charge in [0, 0.05) is 45.0 Å². The van der Waals surface area contributed by atoms with Gasteiger partial charge in [0.05, 0.1) is 17.8 Å². The number of halogens is 3. The van der Waals surface area contributed by atoms with E-state index in [4.69, 9.17) is 4.74 Å². The molecule has 0 spiro atoms. The lowest BCUT2D eigenvalue weighted by molar-refractivity contribution is -0.137. The van der Waals surface area contributed by atoms with Crippen molar-refractivity contribution >= 4 is 11.7 Å². The first-order valence-electron chi connectivity index (χ1n) is 9.08. The number of carbonyl (C=O) groups excluding carboxylic acids is 1. The van der Waals surface area contributed by atoms with E-state index in [1.54, 1.807) is 4.90 Å². The molecule has 0 aliphatic carbocycles. The van der Waals surface area contributed by atoms with Gasteiger partial charge in [-0.25, -0.2) is 4.79 Å². The number of nitrogens with one attached hydrogen (secondary N) is 1. The van der Waals surface area contributed by atoms with Crippen molar-refractivity contribution in [2.24, 2.45) is 0 Å². The molecule has 2 aliphatic rings. The van der Waals surface area contributed by atoms with Gasteiger partial charge in [-0.1, -0.05) is 0 Å². The first-order valence-corrected chi connectivity index (χ1v) is 9.08. The molecule has 1 aromatic carbocycles. The molecule has 0 saturated carbocycles. The molecule has 2 aliphatic heterocycles. The first kappa shape index (κ1) is 19.9. The monoisotopic (exact) mass is 387 g/mol. The minimum absolute atomic E-state index is 0.106. The van der Waals surface area contributed by atoms with Crippen molar-refractivity contribution in [3.8, 4) is 0 Å². The molecule has 2 amide bonds. The third-order valence-corrected chi connectivity index (χ3v) is 4.96. The van der Waals surface area contributed by atoms with Crippen LogP contribution in [0.4, 0.5) is 23.7 Å². The minimum Gasteiger partial charge on any atom is -0.389 e. The lowest BCUT2D eigenvalue weighted by atomic mass is 10.1. The van der Waals surface area contributed by atoms with Crippen LogP contribution in [-0.4, -0.2) is 72.5 Å². The molecule has 9 heteroatoms. The normalized spacial score (nSPS) is 22.7. The Morgan fingerprint density at radius 1 is 1.22 bits per heavy atom. The molecule has 150 valence electrons. The Morgan fingerprint density at radius 3 is 2.44 bits per heavy atom. The van der Waals surface area contributed by atoms with Crippen LogP contribution >= 0.6 is 0 Å². The molecule has 0 bridgehead atoms. The summed E-state index contributed by atoms with van der Waals surface area (Å²) in [5.74, 6) is 0. The minimum atomic E-state index is -4.40. The molecule has 6 nitrogen and oxygen atoms in total. The van der Waals surface area contributed by atoms with Crippen molar-refractivity contribution in [2.45, 2.75) is 31.2 Å². The molecule has 2 N–H and O–H groups in total. The maximum absolute atomic E-state index is 12.6. The number of aliphatic hydroxyl groups is 1. The highest BCUT2D eigenvalue weighted by molar-refractivity contribution is 5.89. The summed E-state index contributed by atoms with van der Waals surface area (Å²) in [6, 6.07) is 4.04. The van der Waals surface area contributed by atoms with E-state index < -0.39 is 17.8 Å². The summed E-state index contributed by atoms with van der Waals surface area (Å²) in [6.45, 7) is 3.45. The number of aliphatic hydroxyl groups excluding tert-OH is 1. The van der Waals surface area contributed by atoms with Gasteiger partial charge in [0.15, 0.2) is 0 Å². The summed E-state index contributed by atoms with van der Waals surface area (Å²) >= 11 is 0. The third kappa shape index (κ3) is 5.33. The average Bonchev–Trinajstić information content (AvgIpc) is 3.17. The largest absolute Gasteiger partial charge is 0.416 e. The van der Waals surface area contributed by atoms with E-state index in [1.807, 2.05) is 0 Å². The standard InChI is InChI=1S/C18H24F3N3O3/c19-18(20,21)13-3-5-14(6-4-13)22-17(26)24-9-7-23(8-10-24)12-15(25)16-2-1-11-27-16/h3-6,15-16,25H,1-2,7-12H2,(H,22,26)/t15-,16-/m1/s1. The van der Waals surface area contributed by atoms with Gasteiger partial charge in [-0.05, 0) is 37.1 Å². The maximum atomic E-state index is 12.6. The van der Waals surface area contributed by atoms with Gasteiger partial charge in [0.2, 0.25) is 0 Å². The number of carbonyl (C=O) groups is 1. The molecule has 0 unspecified atom stereocenters. The number of rotatable bonds is 4. The van der Waals surface area contributed by atoms with Crippen molar-refractivity contribution in [1.29, 1.82) is 0 Å². The van der Waals surface area contributed by atoms with Gasteiger partial charge in [-0.3, -0.25) is 4.90 Å². The summed E-state index contributed by atoms with van der Waals surface area (Å²) in [5, 5.41) is 12.8. The number of urea groups is 1. The topological polar surface area (TPSA) is 65.0 Å². The van der Waals surface area contributed by atoms with E-state index in [2.05, 4.69) is 10.2 Å². The van der Waals surface area contributed by atoms with Crippen LogP contribution in [0.3, 0.4) is 0 Å². The smallest absolute Gasteiger partial charge is 0.389 e. The Morgan fingerprint density at radius 2 is 1.89 bits per heavy atom. The van der Waals surface area contributed by atoms with Crippen LogP contribution < -0.4 is 5.32 Å². The Balaban J connectivity index is 1.44. The summed E-state index contributed by atoms with van der Waals surface area (Å²) in [7, 11) is 0. The number of hydrogen-bond donors (Lipinski definition) is 2. The molecule has 3 rings (SSSR count). The average molecular weight is 387 g/mol. The van der Waals surface area contributed by atoms with E-state index in [0.717, 1.165) is 25.0 Å². The van der Waals surface area contributed by atoms with Crippen LogP contribution in [0.2, 0.25) is 0 Å². The van der Waals surface area contributed by atoms with Crippen molar-refractivity contribution in [3.05, 3.63) is 29.8 Å². The highest BCUT2D eigenvalue weighted by Crippen LogP contribution is 2.29. The highest BCUT2D eigenvalue weighted by Gasteiger charge is 2.30. The van der Waals surface area contributed by atoms with Crippen LogP contribution in [0.15, 0.2) is 24.3 Å². The number of alkyl halides is 3. The zero-order chi connectivity index (χ0) is 19.4. The number of nitrogens with zero attached hydrogens (tertiary/aromatic N) is 2. The van der Waals surface area contributed by atoms with Crippen LogP contribution in [0.25, 0.3) is 0 Å². The fourth-order valence-corrected chi connectivity index (χ4v) is 3.37. The van der Waals surface area contributed by atoms with Gasteiger partial charge in [0.1, 0.15) is 0 Å². The summed E-state index contributed by atoms with van der Waals surface area (Å²) < 4.78 is 43.2. The predicted molar refractivity (Wildman–Crippen MR) is 93.5 cm³/mol. The zero-order valence-corrected chi connectivity index (χ0v) is 14.9. The van der Waals surface area contributed by atoms with E-state index >= 15 is 0 Å². The Labute approximate surface area is 155 Å². The number of piperazine rings is 1. The van der Waals surface area contributed by atoms with Crippen LogP contribution in [0.1, 0.15) is 18.4 Å². The molecular weight excluding hydrogens is 363 g/mol. The molecule has 2 fully saturated rings. The number of β-amino-alcohol motifs (C(OH)–C–C–N with tert-alkyl or cyclic N) is 1. The van der Waals surface area contributed by atoms with Crippen LogP contribution in [0, 0.1) is 0 Å². The first-order chi connectivity index (χ1) is 12.8. The fourth-order valence-electron chi connectivity index (χ4n) is 3.37. The number of benzene rings is 1. The second-order valence-corrected chi connectivity index (χ2v) is 6.91. The number of ether oxygens (including phenoxy) is 1. The van der Waals surface area contributed by atoms with Crippen LogP contribution in [0.5, 0.6) is 0 Å². The molecule has 1 aromatic rings. The number of anilines is 1. The zero-order valence-electron chi connectivity index (χ0n) is 14.9. The molecule has 2 heterocycles. The quantitative estimate of drug-likeness (QED) is 0.833. The molecule has 0 radical (unpaired) electrons. The lowest BCUT2D eigenvalue weighted by Crippen LogP contribution is -2.52. The summed E-state index contributed by atoms with van der Waals surface area (Å²) in [6.07, 6.45) is -3.19. The van der Waals surface area contributed by atoms with Crippen molar-refractivity contribution in [2.75, 3.05) is 44.6 Å². The predicted octanol–water partition coefficient (Wildman–Crippen LogP) is 2.39. The van der Waals surface area contributed by atoms with Gasteiger partial charge < -0.3 is 20.1 Å². The van der Waals surface area contributed by atoms with E-state index in [9.17, 15) is 23.1 Å². The van der Waals surface area contributed by atoms with Gasteiger partial charge in [-0.15, -0.1) is 0 Å². The second kappa shape index (κ2) is 8.45. The third-order valence-electron chi connectivity index (χ3n) is 4.96. The fraction of sp³-hybridized carbons (Fsp3) is 0.611. The van der Waals surface area contributed by atoms with Crippen LogP contribution in [-0.2, 0) is 10.9 Å². The van der Waals surface area contributed by atoms with Gasteiger partial charge in [0.25, 0.3) is 0 Å². The lowest BCUT2D eigenvalue weighted by Gasteiger charge is -2.36. The highest BCUT2D eigenvalue weighted by atomic mass is 19.4. The maximum Gasteiger partial charge on any atom is 0.416 e. The van der Waals surface area contributed by atoms with Crippen molar-refractivity contribution < 1.29 is 27.8 Å². The Kier molecular flexibility index (Phi) is 6.23. The summed E-state index contributed by atoms with van der Waals surface area (Å²) in [4.78, 5) is 16.0. The molecule has 0 aromatic heterocycles. The Hall–Kier alpha value is -1.84. The van der Waals surface area contributed by atoms with E-state index in [0.29, 0.717) is 45.0 Å². The Bertz CT molecular complexity index is 625. The van der Waals surface area contributed by atoms with Crippen molar-refractivity contribution in [1.82, 2.24) is 9.80 Å². The van der Waals surface area contributed by atoms with Gasteiger partial charge in [-0.2, -0.15) is 13.2 Å². The summed E-state index contributed by atoms with van der Waals surface area (Å²) in [5.41, 5.74) is -0.428. The van der Waals surface area contributed by atoms with Gasteiger partial charge >= 0.3 is 12.2 Å².